The molecule has 0 saturated carbocycles. The van der Waals surface area contributed by atoms with Crippen molar-refractivity contribution in [2.24, 2.45) is 5.92 Å². The molecule has 2 heterocycles. The Kier molecular flexibility index (Phi) is 5.44. The third-order valence-electron chi connectivity index (χ3n) is 3.66. The van der Waals surface area contributed by atoms with Crippen molar-refractivity contribution in [2.45, 2.75) is 25.5 Å². The van der Waals surface area contributed by atoms with E-state index in [2.05, 4.69) is 39.7 Å². The molecule has 0 aliphatic heterocycles. The van der Waals surface area contributed by atoms with Gasteiger partial charge in [0, 0.05) is 17.2 Å². The van der Waals surface area contributed by atoms with Crippen LogP contribution >= 0.6 is 27.7 Å². The van der Waals surface area contributed by atoms with E-state index in [0.717, 1.165) is 4.47 Å². The van der Waals surface area contributed by atoms with Crippen molar-refractivity contribution in [1.29, 1.82) is 0 Å². The Bertz CT molecular complexity index is 964. The second kappa shape index (κ2) is 7.58. The standard InChI is InChI=1S/C18H18BrN3O2S/c1-11(2)9-22-17(24)13-8-12(19)5-6-14(13)21-18(22)25-10-16(23)15-4-3-7-20-15/h3-8,11,20H,9-10H2,1-2H3. The molecule has 1 aromatic carbocycles. The Morgan fingerprint density at radius 2 is 2.16 bits per heavy atom. The normalized spacial score (nSPS) is 11.4. The van der Waals surface area contributed by atoms with E-state index in [9.17, 15) is 9.59 Å². The molecular weight excluding hydrogens is 402 g/mol. The fourth-order valence-electron chi connectivity index (χ4n) is 2.52. The number of carbonyl (C=O) groups excluding carboxylic acids is 1. The quantitative estimate of drug-likeness (QED) is 0.370. The van der Waals surface area contributed by atoms with Crippen molar-refractivity contribution in [2.75, 3.05) is 5.75 Å². The zero-order chi connectivity index (χ0) is 18.0. The number of ketones is 1. The van der Waals surface area contributed by atoms with Crippen LogP contribution < -0.4 is 5.56 Å². The summed E-state index contributed by atoms with van der Waals surface area (Å²) in [4.78, 5) is 32.7. The Morgan fingerprint density at radius 3 is 2.84 bits per heavy atom. The van der Waals surface area contributed by atoms with Gasteiger partial charge in [-0.05, 0) is 36.2 Å². The van der Waals surface area contributed by atoms with Gasteiger partial charge in [0.1, 0.15) is 0 Å². The van der Waals surface area contributed by atoms with Crippen LogP contribution in [0, 0.1) is 5.92 Å². The molecule has 0 spiro atoms. The van der Waals surface area contributed by atoms with Crippen molar-refractivity contribution < 1.29 is 4.79 Å². The number of thioether (sulfide) groups is 1. The number of halogens is 1. The minimum absolute atomic E-state index is 0.0174. The minimum Gasteiger partial charge on any atom is -0.359 e. The highest BCUT2D eigenvalue weighted by molar-refractivity contribution is 9.10. The molecule has 0 saturated heterocycles. The van der Waals surface area contributed by atoms with Gasteiger partial charge in [0.25, 0.3) is 5.56 Å². The van der Waals surface area contributed by atoms with Crippen LogP contribution in [0.25, 0.3) is 10.9 Å². The van der Waals surface area contributed by atoms with Crippen LogP contribution in [-0.2, 0) is 6.54 Å². The predicted octanol–water partition coefficient (Wildman–Crippen LogP) is 4.12. The summed E-state index contributed by atoms with van der Waals surface area (Å²) >= 11 is 4.70. The summed E-state index contributed by atoms with van der Waals surface area (Å²) < 4.78 is 2.52. The number of rotatable bonds is 6. The molecule has 0 fully saturated rings. The maximum absolute atomic E-state index is 12.9. The van der Waals surface area contributed by atoms with Gasteiger partial charge in [-0.3, -0.25) is 14.2 Å². The zero-order valence-electron chi connectivity index (χ0n) is 14.0. The Hall–Kier alpha value is -1.86. The van der Waals surface area contributed by atoms with Crippen LogP contribution in [0.15, 0.2) is 51.0 Å². The molecule has 5 nitrogen and oxygen atoms in total. The molecule has 0 radical (unpaired) electrons. The number of benzene rings is 1. The second-order valence-electron chi connectivity index (χ2n) is 6.16. The highest BCUT2D eigenvalue weighted by atomic mass is 79.9. The highest BCUT2D eigenvalue weighted by Gasteiger charge is 2.15. The van der Waals surface area contributed by atoms with Crippen LogP contribution in [0.1, 0.15) is 24.3 Å². The van der Waals surface area contributed by atoms with Crippen molar-refractivity contribution in [3.8, 4) is 0 Å². The lowest BCUT2D eigenvalue weighted by molar-refractivity contribution is 0.101. The number of H-pyrrole nitrogens is 1. The van der Waals surface area contributed by atoms with Gasteiger partial charge in [-0.1, -0.05) is 41.5 Å². The molecular formula is C18H18BrN3O2S. The fraction of sp³-hybridized carbons (Fsp3) is 0.278. The number of aromatic amines is 1. The van der Waals surface area contributed by atoms with E-state index in [1.165, 1.54) is 11.8 Å². The number of nitrogens with one attached hydrogen (secondary N) is 1. The van der Waals surface area contributed by atoms with Crippen LogP contribution in [0.5, 0.6) is 0 Å². The van der Waals surface area contributed by atoms with Gasteiger partial charge in [0.05, 0.1) is 22.3 Å². The summed E-state index contributed by atoms with van der Waals surface area (Å²) in [6.45, 7) is 4.67. The summed E-state index contributed by atoms with van der Waals surface area (Å²) in [6.07, 6.45) is 1.72. The molecule has 0 atom stereocenters. The van der Waals surface area contributed by atoms with Crippen LogP contribution in [-0.4, -0.2) is 26.1 Å². The summed E-state index contributed by atoms with van der Waals surface area (Å²) in [5, 5.41) is 1.16. The topological polar surface area (TPSA) is 67.8 Å². The number of fused-ring (bicyclic) bond motifs is 1. The van der Waals surface area contributed by atoms with Crippen molar-refractivity contribution in [3.05, 3.63) is 57.0 Å². The number of aromatic nitrogens is 3. The zero-order valence-corrected chi connectivity index (χ0v) is 16.4. The predicted molar refractivity (Wildman–Crippen MR) is 104 cm³/mol. The highest BCUT2D eigenvalue weighted by Crippen LogP contribution is 2.22. The average molecular weight is 420 g/mol. The van der Waals surface area contributed by atoms with Gasteiger partial charge in [-0.25, -0.2) is 4.98 Å². The molecule has 2 aromatic heterocycles. The molecule has 0 aliphatic rings. The maximum atomic E-state index is 12.9. The number of carbonyl (C=O) groups is 1. The van der Waals surface area contributed by atoms with Crippen LogP contribution in [0.3, 0.4) is 0 Å². The molecule has 0 bridgehead atoms. The van der Waals surface area contributed by atoms with Crippen molar-refractivity contribution in [1.82, 2.24) is 14.5 Å². The van der Waals surface area contributed by atoms with Gasteiger partial charge in [0.2, 0.25) is 0 Å². The van der Waals surface area contributed by atoms with Crippen LogP contribution in [0.2, 0.25) is 0 Å². The smallest absolute Gasteiger partial charge is 0.262 e. The first-order valence-corrected chi connectivity index (χ1v) is 9.73. The van der Waals surface area contributed by atoms with Crippen molar-refractivity contribution in [3.63, 3.8) is 0 Å². The summed E-state index contributed by atoms with van der Waals surface area (Å²) in [6, 6.07) is 9.01. The van der Waals surface area contributed by atoms with Gasteiger partial charge >= 0.3 is 0 Å². The Morgan fingerprint density at radius 1 is 1.36 bits per heavy atom. The summed E-state index contributed by atoms with van der Waals surface area (Å²) in [5.74, 6) is 0.506. The molecule has 25 heavy (non-hydrogen) atoms. The molecule has 3 rings (SSSR count). The van der Waals surface area contributed by atoms with E-state index in [1.807, 2.05) is 12.1 Å². The molecule has 1 N–H and O–H groups in total. The lowest BCUT2D eigenvalue weighted by atomic mass is 10.2. The lowest BCUT2D eigenvalue weighted by Crippen LogP contribution is -2.25. The first-order chi connectivity index (χ1) is 12.0. The average Bonchev–Trinajstić information content (AvgIpc) is 3.10. The van der Waals surface area contributed by atoms with E-state index in [4.69, 9.17) is 0 Å². The molecule has 130 valence electrons. The number of hydrogen-bond acceptors (Lipinski definition) is 4. The molecule has 0 unspecified atom stereocenters. The third kappa shape index (κ3) is 4.04. The van der Waals surface area contributed by atoms with E-state index in [0.29, 0.717) is 34.2 Å². The van der Waals surface area contributed by atoms with Crippen molar-refractivity contribution >= 4 is 44.4 Å². The third-order valence-corrected chi connectivity index (χ3v) is 5.13. The van der Waals surface area contributed by atoms with Gasteiger partial charge < -0.3 is 4.98 Å². The van der Waals surface area contributed by atoms with Gasteiger partial charge in [0.15, 0.2) is 10.9 Å². The monoisotopic (exact) mass is 419 g/mol. The molecule has 0 aliphatic carbocycles. The fourth-order valence-corrected chi connectivity index (χ4v) is 3.77. The van der Waals surface area contributed by atoms with Gasteiger partial charge in [-0.2, -0.15) is 0 Å². The number of hydrogen-bond donors (Lipinski definition) is 1. The summed E-state index contributed by atoms with van der Waals surface area (Å²) in [5.41, 5.74) is 1.13. The van der Waals surface area contributed by atoms with E-state index < -0.39 is 0 Å². The van der Waals surface area contributed by atoms with E-state index in [-0.39, 0.29) is 17.1 Å². The molecule has 7 heteroatoms. The number of nitrogens with zero attached hydrogens (tertiary/aromatic N) is 2. The van der Waals surface area contributed by atoms with E-state index >= 15 is 0 Å². The summed E-state index contributed by atoms with van der Waals surface area (Å²) in [7, 11) is 0. The first kappa shape index (κ1) is 17.9. The lowest BCUT2D eigenvalue weighted by Gasteiger charge is -2.14. The first-order valence-electron chi connectivity index (χ1n) is 7.95. The molecule has 3 aromatic rings. The van der Waals surface area contributed by atoms with Crippen LogP contribution in [0.4, 0.5) is 0 Å². The maximum Gasteiger partial charge on any atom is 0.262 e. The SMILES string of the molecule is CC(C)Cn1c(SCC(=O)c2ccc[nH]2)nc2ccc(Br)cc2c1=O. The largest absolute Gasteiger partial charge is 0.359 e. The second-order valence-corrected chi connectivity index (χ2v) is 8.02. The number of Topliss-reactive ketones (excluding diaryl/α,β-unsaturated/α-hetero) is 1. The Labute approximate surface area is 158 Å². The Balaban J connectivity index is 1.98. The van der Waals surface area contributed by atoms with E-state index in [1.54, 1.807) is 29.0 Å². The molecule has 0 amide bonds. The van der Waals surface area contributed by atoms with Gasteiger partial charge in [-0.15, -0.1) is 0 Å². The minimum atomic E-state index is -0.0742.